The zero-order chi connectivity index (χ0) is 15.2. The van der Waals surface area contributed by atoms with Crippen molar-refractivity contribution in [3.05, 3.63) is 30.3 Å². The van der Waals surface area contributed by atoms with Crippen molar-refractivity contribution in [2.45, 2.75) is 38.6 Å². The summed E-state index contributed by atoms with van der Waals surface area (Å²) in [6, 6.07) is 10.6. The van der Waals surface area contributed by atoms with Crippen molar-refractivity contribution in [1.82, 2.24) is 15.0 Å². The third-order valence-electron chi connectivity index (χ3n) is 4.29. The summed E-state index contributed by atoms with van der Waals surface area (Å²) in [5.74, 6) is 1.14. The van der Waals surface area contributed by atoms with E-state index in [1.165, 1.54) is 25.8 Å². The summed E-state index contributed by atoms with van der Waals surface area (Å²) in [7, 11) is 0. The number of rotatable bonds is 6. The fourth-order valence-electron chi connectivity index (χ4n) is 2.97. The topological polar surface area (TPSA) is 54.2 Å². The maximum absolute atomic E-state index is 5.28. The van der Waals surface area contributed by atoms with E-state index in [-0.39, 0.29) is 0 Å². The van der Waals surface area contributed by atoms with Gasteiger partial charge < -0.3 is 14.7 Å². The van der Waals surface area contributed by atoms with Crippen LogP contribution in [0, 0.1) is 0 Å². The van der Waals surface area contributed by atoms with Gasteiger partial charge in [-0.2, -0.15) is 4.98 Å². The lowest BCUT2D eigenvalue weighted by Gasteiger charge is -2.33. The van der Waals surface area contributed by atoms with Crippen LogP contribution in [0.1, 0.15) is 32.6 Å². The van der Waals surface area contributed by atoms with Gasteiger partial charge in [0.1, 0.15) is 0 Å². The number of anilines is 1. The molecule has 118 valence electrons. The highest BCUT2D eigenvalue weighted by molar-refractivity contribution is 5.53. The van der Waals surface area contributed by atoms with Gasteiger partial charge in [0.05, 0.1) is 0 Å². The molecule has 1 atom stereocenters. The number of nitrogens with one attached hydrogen (secondary N) is 1. The Hall–Kier alpha value is -1.88. The average Bonchev–Trinajstić information content (AvgIpc) is 3.03. The van der Waals surface area contributed by atoms with E-state index in [0.717, 1.165) is 31.1 Å². The van der Waals surface area contributed by atoms with Crippen LogP contribution in [0.2, 0.25) is 0 Å². The lowest BCUT2D eigenvalue weighted by atomic mass is 10.0. The first-order valence-electron chi connectivity index (χ1n) is 8.20. The third-order valence-corrected chi connectivity index (χ3v) is 4.29. The number of aromatic nitrogens is 2. The molecule has 0 spiro atoms. The molecule has 0 radical (unpaired) electrons. The Bertz CT molecular complexity index is 569. The lowest BCUT2D eigenvalue weighted by molar-refractivity contribution is 0.160. The fraction of sp³-hybridized carbons (Fsp3) is 0.529. The SMILES string of the molecule is CC1CCCCN1CCCNc1noc(-c2ccccc2)n1. The number of hydrogen-bond acceptors (Lipinski definition) is 5. The van der Waals surface area contributed by atoms with E-state index < -0.39 is 0 Å². The van der Waals surface area contributed by atoms with Crippen LogP contribution in [-0.2, 0) is 0 Å². The highest BCUT2D eigenvalue weighted by Gasteiger charge is 2.17. The first-order valence-corrected chi connectivity index (χ1v) is 8.20. The minimum Gasteiger partial charge on any atom is -0.352 e. The quantitative estimate of drug-likeness (QED) is 0.829. The predicted molar refractivity (Wildman–Crippen MR) is 87.7 cm³/mol. The van der Waals surface area contributed by atoms with Crippen LogP contribution in [0.3, 0.4) is 0 Å². The second kappa shape index (κ2) is 7.40. The van der Waals surface area contributed by atoms with Gasteiger partial charge in [0.2, 0.25) is 0 Å². The highest BCUT2D eigenvalue weighted by Crippen LogP contribution is 2.18. The largest absolute Gasteiger partial charge is 0.352 e. The Morgan fingerprint density at radius 3 is 2.95 bits per heavy atom. The van der Waals surface area contributed by atoms with Crippen molar-refractivity contribution < 1.29 is 4.52 Å². The smallest absolute Gasteiger partial charge is 0.263 e. The number of nitrogens with zero attached hydrogens (tertiary/aromatic N) is 3. The molecule has 5 nitrogen and oxygen atoms in total. The van der Waals surface area contributed by atoms with Gasteiger partial charge in [0.15, 0.2) is 0 Å². The lowest BCUT2D eigenvalue weighted by Crippen LogP contribution is -2.38. The second-order valence-corrected chi connectivity index (χ2v) is 5.95. The zero-order valence-electron chi connectivity index (χ0n) is 13.2. The van der Waals surface area contributed by atoms with E-state index in [2.05, 4.69) is 27.3 Å². The van der Waals surface area contributed by atoms with Crippen LogP contribution >= 0.6 is 0 Å². The Labute approximate surface area is 131 Å². The third kappa shape index (κ3) is 3.85. The molecule has 2 heterocycles. The van der Waals surface area contributed by atoms with Crippen LogP contribution in [-0.4, -0.2) is 40.7 Å². The Balaban J connectivity index is 1.43. The second-order valence-electron chi connectivity index (χ2n) is 5.95. The Kier molecular flexibility index (Phi) is 5.06. The molecule has 1 aromatic carbocycles. The monoisotopic (exact) mass is 300 g/mol. The Morgan fingerprint density at radius 1 is 1.27 bits per heavy atom. The van der Waals surface area contributed by atoms with Crippen molar-refractivity contribution in [2.24, 2.45) is 0 Å². The number of piperidine rings is 1. The summed E-state index contributed by atoms with van der Waals surface area (Å²) in [5.41, 5.74) is 0.949. The molecule has 1 aromatic heterocycles. The maximum Gasteiger partial charge on any atom is 0.263 e. The van der Waals surface area contributed by atoms with Gasteiger partial charge >= 0.3 is 0 Å². The molecular formula is C17H24N4O. The molecule has 0 saturated carbocycles. The van der Waals surface area contributed by atoms with Gasteiger partial charge in [-0.05, 0) is 50.0 Å². The standard InChI is InChI=1S/C17H24N4O/c1-14-8-5-6-12-21(14)13-7-11-18-17-19-16(22-20-17)15-9-3-2-4-10-15/h2-4,9-10,14H,5-8,11-13H2,1H3,(H,18,20). The summed E-state index contributed by atoms with van der Waals surface area (Å²) in [6.45, 7) is 5.58. The predicted octanol–water partition coefficient (Wildman–Crippen LogP) is 3.41. The summed E-state index contributed by atoms with van der Waals surface area (Å²) in [4.78, 5) is 6.96. The van der Waals surface area contributed by atoms with Crippen LogP contribution in [0.4, 0.5) is 5.95 Å². The van der Waals surface area contributed by atoms with Gasteiger partial charge in [-0.25, -0.2) is 0 Å². The van der Waals surface area contributed by atoms with Crippen molar-refractivity contribution in [2.75, 3.05) is 25.0 Å². The summed E-state index contributed by atoms with van der Waals surface area (Å²) in [6.07, 6.45) is 5.14. The normalized spacial score (nSPS) is 19.2. The molecule has 1 unspecified atom stereocenters. The number of likely N-dealkylation sites (tertiary alicyclic amines) is 1. The van der Waals surface area contributed by atoms with E-state index in [4.69, 9.17) is 4.52 Å². The van der Waals surface area contributed by atoms with E-state index in [1.807, 2.05) is 30.3 Å². The molecule has 0 aliphatic carbocycles. The van der Waals surface area contributed by atoms with Crippen molar-refractivity contribution in [3.63, 3.8) is 0 Å². The molecular weight excluding hydrogens is 276 g/mol. The molecule has 22 heavy (non-hydrogen) atoms. The van der Waals surface area contributed by atoms with Crippen LogP contribution < -0.4 is 5.32 Å². The van der Waals surface area contributed by atoms with E-state index in [0.29, 0.717) is 11.8 Å². The highest BCUT2D eigenvalue weighted by atomic mass is 16.5. The Morgan fingerprint density at radius 2 is 2.14 bits per heavy atom. The fourth-order valence-corrected chi connectivity index (χ4v) is 2.97. The van der Waals surface area contributed by atoms with Gasteiger partial charge in [0, 0.05) is 24.7 Å². The molecule has 2 aromatic rings. The molecule has 0 amide bonds. The maximum atomic E-state index is 5.28. The first kappa shape index (κ1) is 15.0. The van der Waals surface area contributed by atoms with Crippen molar-refractivity contribution in [1.29, 1.82) is 0 Å². The van der Waals surface area contributed by atoms with Gasteiger partial charge in [-0.1, -0.05) is 24.6 Å². The van der Waals surface area contributed by atoms with E-state index >= 15 is 0 Å². The summed E-state index contributed by atoms with van der Waals surface area (Å²) in [5, 5.41) is 7.23. The molecule has 1 aliphatic rings. The molecule has 3 rings (SSSR count). The molecule has 1 aliphatic heterocycles. The van der Waals surface area contributed by atoms with E-state index in [9.17, 15) is 0 Å². The molecule has 1 fully saturated rings. The number of benzene rings is 1. The summed E-state index contributed by atoms with van der Waals surface area (Å²) < 4.78 is 5.28. The van der Waals surface area contributed by atoms with Crippen molar-refractivity contribution in [3.8, 4) is 11.5 Å². The van der Waals surface area contributed by atoms with Gasteiger partial charge in [-0.3, -0.25) is 0 Å². The molecule has 1 saturated heterocycles. The molecule has 1 N–H and O–H groups in total. The minimum atomic E-state index is 0.563. The number of hydrogen-bond donors (Lipinski definition) is 1. The van der Waals surface area contributed by atoms with Crippen molar-refractivity contribution >= 4 is 5.95 Å². The van der Waals surface area contributed by atoms with Crippen LogP contribution in [0.15, 0.2) is 34.9 Å². The molecule has 5 heteroatoms. The minimum absolute atomic E-state index is 0.563. The van der Waals surface area contributed by atoms with E-state index in [1.54, 1.807) is 0 Å². The van der Waals surface area contributed by atoms with Gasteiger partial charge in [0.25, 0.3) is 11.8 Å². The van der Waals surface area contributed by atoms with Crippen LogP contribution in [0.25, 0.3) is 11.5 Å². The summed E-state index contributed by atoms with van der Waals surface area (Å²) >= 11 is 0. The first-order chi connectivity index (χ1) is 10.8. The zero-order valence-corrected chi connectivity index (χ0v) is 13.2. The molecule has 0 bridgehead atoms. The van der Waals surface area contributed by atoms with Crippen LogP contribution in [0.5, 0.6) is 0 Å². The average molecular weight is 300 g/mol. The van der Waals surface area contributed by atoms with Gasteiger partial charge in [-0.15, -0.1) is 0 Å².